The van der Waals surface area contributed by atoms with Crippen LogP contribution >= 0.6 is 0 Å². The largest absolute Gasteiger partial charge is 0.445 e. The first-order valence-electron chi connectivity index (χ1n) is 14.6. The number of non-ortho nitro benzene ring substituents is 1. The van der Waals surface area contributed by atoms with E-state index < -0.39 is 41.5 Å². The van der Waals surface area contributed by atoms with E-state index in [1.807, 2.05) is 0 Å². The van der Waals surface area contributed by atoms with Crippen molar-refractivity contribution in [3.8, 4) is 11.8 Å². The SMILES string of the molecule is Nc1nc(C#CCC2CCN(C(=O)OCc3ccc([N+](=O)[O-])cc3)CC2)nc2c1ncn2[C@@H]1O[C@H](C(=O)NC2CC2)C(O)[C@@H]1O. The van der Waals surface area contributed by atoms with Gasteiger partial charge in [0, 0.05) is 37.7 Å². The Bertz CT molecular complexity index is 1660. The van der Waals surface area contributed by atoms with Crippen LogP contribution in [-0.4, -0.2) is 89.0 Å². The third-order valence-electron chi connectivity index (χ3n) is 8.12. The lowest BCUT2D eigenvalue weighted by Crippen LogP contribution is -2.43. The topological polar surface area (TPSA) is 221 Å². The zero-order chi connectivity index (χ0) is 31.7. The Kier molecular flexibility index (Phi) is 8.48. The number of hydrogen-bond acceptors (Lipinski definition) is 12. The summed E-state index contributed by atoms with van der Waals surface area (Å²) in [5.41, 5.74) is 7.26. The Balaban J connectivity index is 1.03. The quantitative estimate of drug-likeness (QED) is 0.165. The first-order chi connectivity index (χ1) is 21.7. The van der Waals surface area contributed by atoms with Crippen molar-refractivity contribution in [1.82, 2.24) is 29.7 Å². The summed E-state index contributed by atoms with van der Waals surface area (Å²) in [7, 11) is 0. The number of nitrogens with zero attached hydrogens (tertiary/aromatic N) is 6. The van der Waals surface area contributed by atoms with Gasteiger partial charge in [0.1, 0.15) is 24.3 Å². The van der Waals surface area contributed by atoms with Crippen molar-refractivity contribution in [1.29, 1.82) is 0 Å². The predicted molar refractivity (Wildman–Crippen MR) is 156 cm³/mol. The molecule has 2 amide bonds. The van der Waals surface area contributed by atoms with Gasteiger partial charge in [-0.05, 0) is 55.2 Å². The van der Waals surface area contributed by atoms with Crippen LogP contribution < -0.4 is 11.1 Å². The van der Waals surface area contributed by atoms with Gasteiger partial charge in [-0.1, -0.05) is 5.92 Å². The highest BCUT2D eigenvalue weighted by molar-refractivity contribution is 5.83. The lowest BCUT2D eigenvalue weighted by Gasteiger charge is -2.30. The van der Waals surface area contributed by atoms with Gasteiger partial charge in [0.15, 0.2) is 23.8 Å². The molecule has 1 aliphatic carbocycles. The van der Waals surface area contributed by atoms with Crippen molar-refractivity contribution in [3.05, 3.63) is 52.1 Å². The average molecular weight is 621 g/mol. The summed E-state index contributed by atoms with van der Waals surface area (Å²) in [5, 5.41) is 34.7. The molecule has 1 saturated carbocycles. The molecular weight excluding hydrogens is 588 g/mol. The highest BCUT2D eigenvalue weighted by atomic mass is 16.6. The monoisotopic (exact) mass is 620 g/mol. The Morgan fingerprint density at radius 1 is 1.13 bits per heavy atom. The number of nitrogens with one attached hydrogen (secondary N) is 1. The number of nitrogen functional groups attached to an aromatic ring is 1. The number of likely N-dealkylation sites (tertiary alicyclic amines) is 1. The van der Waals surface area contributed by atoms with Gasteiger partial charge in [0.2, 0.25) is 5.82 Å². The molecule has 0 spiro atoms. The molecule has 4 atom stereocenters. The summed E-state index contributed by atoms with van der Waals surface area (Å²) in [6, 6.07) is 5.92. The number of nitrogens with two attached hydrogens (primary N) is 1. The highest BCUT2D eigenvalue weighted by Gasteiger charge is 2.48. The Morgan fingerprint density at radius 3 is 2.56 bits per heavy atom. The fraction of sp³-hybridized carbons (Fsp3) is 0.483. The lowest BCUT2D eigenvalue weighted by molar-refractivity contribution is -0.384. The molecule has 16 heteroatoms. The summed E-state index contributed by atoms with van der Waals surface area (Å²) in [4.78, 5) is 49.9. The molecule has 1 unspecified atom stereocenters. The Hall–Kier alpha value is -4.85. The molecule has 3 fully saturated rings. The normalized spacial score (nSPS) is 23.4. The number of benzene rings is 1. The highest BCUT2D eigenvalue weighted by Crippen LogP contribution is 2.33. The Morgan fingerprint density at radius 2 is 1.87 bits per heavy atom. The van der Waals surface area contributed by atoms with E-state index >= 15 is 0 Å². The number of aromatic nitrogens is 4. The summed E-state index contributed by atoms with van der Waals surface area (Å²) in [6.07, 6.45) is -0.559. The van der Waals surface area contributed by atoms with E-state index in [0.717, 1.165) is 25.7 Å². The van der Waals surface area contributed by atoms with Gasteiger partial charge in [-0.2, -0.15) is 0 Å². The second kappa shape index (κ2) is 12.6. The summed E-state index contributed by atoms with van der Waals surface area (Å²) >= 11 is 0. The number of carbonyl (C=O) groups is 2. The molecule has 236 valence electrons. The molecule has 16 nitrogen and oxygen atoms in total. The van der Waals surface area contributed by atoms with Crippen LogP contribution in [-0.2, 0) is 20.9 Å². The molecule has 0 radical (unpaired) electrons. The number of anilines is 1. The maximum absolute atomic E-state index is 12.5. The number of carbonyl (C=O) groups excluding carboxylic acids is 2. The summed E-state index contributed by atoms with van der Waals surface area (Å²) in [6.45, 7) is 1.04. The van der Waals surface area contributed by atoms with E-state index in [-0.39, 0.29) is 47.1 Å². The number of imidazole rings is 1. The standard InChI is InChI=1S/C29H32N8O8/c30-25-21-26(36(15-31-21)28-23(39)22(38)24(45-28)27(40)32-18-6-7-18)34-20(33-25)3-1-2-16-10-12-35(13-11-16)29(41)44-14-17-4-8-19(9-5-17)37(42)43/h4-5,8-9,15-16,18,22-24,28,38-39H,2,6-7,10-14H2,(H,32,40)(H2,30,33,34)/t22?,23-,24-,28+/m0/s1. The van der Waals surface area contributed by atoms with Crippen molar-refractivity contribution in [2.24, 2.45) is 5.92 Å². The molecule has 3 aliphatic rings. The number of rotatable bonds is 7. The lowest BCUT2D eigenvalue weighted by atomic mass is 9.94. The van der Waals surface area contributed by atoms with E-state index in [4.69, 9.17) is 15.2 Å². The van der Waals surface area contributed by atoms with Gasteiger partial charge in [-0.15, -0.1) is 0 Å². The van der Waals surface area contributed by atoms with Gasteiger partial charge >= 0.3 is 6.09 Å². The van der Waals surface area contributed by atoms with Crippen LogP contribution in [0.4, 0.5) is 16.3 Å². The first kappa shape index (κ1) is 30.2. The predicted octanol–water partition coefficient (Wildman–Crippen LogP) is 1.00. The van der Waals surface area contributed by atoms with Crippen molar-refractivity contribution >= 4 is 34.7 Å². The third-order valence-corrected chi connectivity index (χ3v) is 8.12. The molecule has 1 aromatic carbocycles. The second-order valence-electron chi connectivity index (χ2n) is 11.4. The fourth-order valence-corrected chi connectivity index (χ4v) is 5.34. The van der Waals surface area contributed by atoms with Crippen LogP contribution in [0.2, 0.25) is 0 Å². The van der Waals surface area contributed by atoms with Crippen LogP contribution in [0, 0.1) is 27.9 Å². The molecule has 2 aliphatic heterocycles. The molecular formula is C29H32N8O8. The maximum Gasteiger partial charge on any atom is 0.410 e. The number of aliphatic hydroxyl groups is 2. The van der Waals surface area contributed by atoms with Crippen LogP contribution in [0.15, 0.2) is 30.6 Å². The number of aliphatic hydroxyl groups excluding tert-OH is 2. The van der Waals surface area contributed by atoms with Crippen molar-refractivity contribution < 1.29 is 34.2 Å². The molecule has 4 heterocycles. The van der Waals surface area contributed by atoms with Crippen LogP contribution in [0.5, 0.6) is 0 Å². The van der Waals surface area contributed by atoms with Gasteiger partial charge in [0.25, 0.3) is 11.6 Å². The smallest absolute Gasteiger partial charge is 0.410 e. The molecule has 5 N–H and O–H groups in total. The van der Waals surface area contributed by atoms with Gasteiger partial charge in [-0.25, -0.2) is 19.7 Å². The van der Waals surface area contributed by atoms with E-state index in [0.29, 0.717) is 25.1 Å². The van der Waals surface area contributed by atoms with Crippen molar-refractivity contribution in [2.45, 2.75) is 69.3 Å². The third kappa shape index (κ3) is 6.65. The molecule has 3 aromatic rings. The van der Waals surface area contributed by atoms with E-state index in [1.165, 1.54) is 23.0 Å². The number of piperidine rings is 1. The fourth-order valence-electron chi connectivity index (χ4n) is 5.34. The van der Waals surface area contributed by atoms with Crippen molar-refractivity contribution in [2.75, 3.05) is 18.8 Å². The molecule has 45 heavy (non-hydrogen) atoms. The number of hydrogen-bond donors (Lipinski definition) is 4. The summed E-state index contributed by atoms with van der Waals surface area (Å²) in [5.74, 6) is 6.01. The van der Waals surface area contributed by atoms with E-state index in [9.17, 15) is 29.9 Å². The zero-order valence-electron chi connectivity index (χ0n) is 24.1. The molecule has 0 bridgehead atoms. The van der Waals surface area contributed by atoms with Gasteiger partial charge in [-0.3, -0.25) is 19.5 Å². The van der Waals surface area contributed by atoms with Gasteiger partial charge in [0.05, 0.1) is 11.3 Å². The minimum absolute atomic E-state index is 0.0252. The van der Waals surface area contributed by atoms with Crippen LogP contribution in [0.1, 0.15) is 49.7 Å². The number of ether oxygens (including phenoxy) is 2. The molecule has 2 saturated heterocycles. The molecule has 6 rings (SSSR count). The second-order valence-corrected chi connectivity index (χ2v) is 11.4. The van der Waals surface area contributed by atoms with Crippen molar-refractivity contribution in [3.63, 3.8) is 0 Å². The average Bonchev–Trinajstić information content (AvgIpc) is 3.67. The maximum atomic E-state index is 12.5. The number of fused-ring (bicyclic) bond motifs is 1. The van der Waals surface area contributed by atoms with E-state index in [2.05, 4.69) is 32.1 Å². The zero-order valence-corrected chi connectivity index (χ0v) is 24.1. The minimum atomic E-state index is -1.44. The van der Waals surface area contributed by atoms with E-state index in [1.54, 1.807) is 17.0 Å². The number of amides is 2. The number of nitro benzene ring substituents is 1. The summed E-state index contributed by atoms with van der Waals surface area (Å²) < 4.78 is 12.5. The first-order valence-corrected chi connectivity index (χ1v) is 14.6. The minimum Gasteiger partial charge on any atom is -0.445 e. The van der Waals surface area contributed by atoms with Crippen LogP contribution in [0.3, 0.4) is 0 Å². The Labute approximate surface area is 256 Å². The van der Waals surface area contributed by atoms with Gasteiger partial charge < -0.3 is 35.6 Å². The molecule has 2 aromatic heterocycles. The number of nitro groups is 1. The van der Waals surface area contributed by atoms with Crippen LogP contribution in [0.25, 0.3) is 11.2 Å².